The molecule has 1 aliphatic rings. The number of likely N-dealkylation sites (tertiary alicyclic amines) is 1. The lowest BCUT2D eigenvalue weighted by atomic mass is 10.1. The summed E-state index contributed by atoms with van der Waals surface area (Å²) in [6, 6.07) is 7.52. The molecule has 0 spiro atoms. The van der Waals surface area contributed by atoms with Crippen molar-refractivity contribution >= 4 is 11.6 Å². The van der Waals surface area contributed by atoms with E-state index in [0.717, 1.165) is 30.8 Å². The van der Waals surface area contributed by atoms with Gasteiger partial charge in [0.2, 0.25) is 5.89 Å². The predicted octanol–water partition coefficient (Wildman–Crippen LogP) is 2.81. The van der Waals surface area contributed by atoms with Crippen LogP contribution in [0.2, 0.25) is 5.02 Å². The summed E-state index contributed by atoms with van der Waals surface area (Å²) in [6.07, 6.45) is 2.79. The van der Waals surface area contributed by atoms with Gasteiger partial charge in [0.05, 0.1) is 12.7 Å². The predicted molar refractivity (Wildman–Crippen MR) is 77.4 cm³/mol. The van der Waals surface area contributed by atoms with Gasteiger partial charge in [-0.3, -0.25) is 4.90 Å². The third kappa shape index (κ3) is 3.03. The van der Waals surface area contributed by atoms with Crippen LogP contribution < -0.4 is 0 Å². The molecule has 0 aliphatic carbocycles. The maximum Gasteiger partial charge on any atom is 0.209 e. The van der Waals surface area contributed by atoms with Gasteiger partial charge < -0.3 is 9.52 Å². The molecule has 1 saturated heterocycles. The minimum Gasteiger partial charge on any atom is -0.439 e. The second-order valence-electron chi connectivity index (χ2n) is 5.20. The zero-order valence-electron chi connectivity index (χ0n) is 11.1. The molecule has 1 fully saturated rings. The lowest BCUT2D eigenvalue weighted by Gasteiger charge is -2.12. The van der Waals surface area contributed by atoms with Gasteiger partial charge in [-0.2, -0.15) is 0 Å². The number of aliphatic hydroxyl groups is 1. The first-order valence-corrected chi connectivity index (χ1v) is 7.16. The fourth-order valence-electron chi connectivity index (χ4n) is 2.53. The van der Waals surface area contributed by atoms with Crippen LogP contribution >= 0.6 is 11.6 Å². The van der Waals surface area contributed by atoms with Gasteiger partial charge in [0, 0.05) is 23.7 Å². The van der Waals surface area contributed by atoms with Crippen LogP contribution in [0.1, 0.15) is 12.3 Å². The first-order chi connectivity index (χ1) is 9.74. The van der Waals surface area contributed by atoms with Crippen molar-refractivity contribution in [2.45, 2.75) is 13.0 Å². The molecular weight excluding hydrogens is 276 g/mol. The topological polar surface area (TPSA) is 49.5 Å². The van der Waals surface area contributed by atoms with E-state index in [9.17, 15) is 0 Å². The van der Waals surface area contributed by atoms with Crippen molar-refractivity contribution in [1.82, 2.24) is 9.88 Å². The Hall–Kier alpha value is -1.36. The highest BCUT2D eigenvalue weighted by atomic mass is 35.5. The molecule has 0 amide bonds. The largest absolute Gasteiger partial charge is 0.439 e. The summed E-state index contributed by atoms with van der Waals surface area (Å²) in [5.41, 5.74) is 0.975. The van der Waals surface area contributed by atoms with Crippen LogP contribution in [0.3, 0.4) is 0 Å². The smallest absolute Gasteiger partial charge is 0.209 e. The summed E-state index contributed by atoms with van der Waals surface area (Å²) in [7, 11) is 0. The van der Waals surface area contributed by atoms with Crippen molar-refractivity contribution in [3.8, 4) is 11.3 Å². The summed E-state index contributed by atoms with van der Waals surface area (Å²) in [4.78, 5) is 6.59. The minimum absolute atomic E-state index is 0.262. The highest BCUT2D eigenvalue weighted by molar-refractivity contribution is 6.30. The average Bonchev–Trinajstić information content (AvgIpc) is 3.09. The Bertz CT molecular complexity index is 568. The number of aliphatic hydroxyl groups excluding tert-OH is 1. The minimum atomic E-state index is 0.262. The van der Waals surface area contributed by atoms with Crippen molar-refractivity contribution in [1.29, 1.82) is 0 Å². The molecule has 1 unspecified atom stereocenters. The van der Waals surface area contributed by atoms with Gasteiger partial charge in [0.25, 0.3) is 0 Å². The molecule has 0 radical (unpaired) electrons. The van der Waals surface area contributed by atoms with Crippen LogP contribution in [0, 0.1) is 5.92 Å². The molecule has 5 heteroatoms. The number of nitrogens with zero attached hydrogens (tertiary/aromatic N) is 2. The van der Waals surface area contributed by atoms with Gasteiger partial charge in [0.1, 0.15) is 0 Å². The molecular formula is C15H17ClN2O2. The fourth-order valence-corrected chi connectivity index (χ4v) is 2.65. The lowest BCUT2D eigenvalue weighted by molar-refractivity contribution is 0.215. The average molecular weight is 293 g/mol. The second kappa shape index (κ2) is 5.95. The van der Waals surface area contributed by atoms with E-state index in [4.69, 9.17) is 21.1 Å². The summed E-state index contributed by atoms with van der Waals surface area (Å²) < 4.78 is 5.78. The van der Waals surface area contributed by atoms with Crippen molar-refractivity contribution < 1.29 is 9.52 Å². The number of aromatic nitrogens is 1. The molecule has 1 N–H and O–H groups in total. The highest BCUT2D eigenvalue weighted by Crippen LogP contribution is 2.24. The van der Waals surface area contributed by atoms with E-state index in [2.05, 4.69) is 9.88 Å². The van der Waals surface area contributed by atoms with Crippen LogP contribution in [0.15, 0.2) is 34.9 Å². The molecule has 0 bridgehead atoms. The molecule has 1 aliphatic heterocycles. The van der Waals surface area contributed by atoms with Crippen LogP contribution in [-0.4, -0.2) is 34.7 Å². The molecule has 4 nitrogen and oxygen atoms in total. The SMILES string of the molecule is OCC1CCN(Cc2ncc(-c3ccc(Cl)cc3)o2)C1. The number of rotatable bonds is 4. The Labute approximate surface area is 123 Å². The van der Waals surface area contributed by atoms with E-state index in [1.54, 1.807) is 6.20 Å². The van der Waals surface area contributed by atoms with Crippen LogP contribution in [0.5, 0.6) is 0 Å². The first kappa shape index (κ1) is 13.6. The van der Waals surface area contributed by atoms with Crippen molar-refractivity contribution in [3.05, 3.63) is 41.4 Å². The summed E-state index contributed by atoms with van der Waals surface area (Å²) in [6.45, 7) is 2.86. The summed E-state index contributed by atoms with van der Waals surface area (Å²) >= 11 is 5.87. The second-order valence-corrected chi connectivity index (χ2v) is 5.63. The fraction of sp³-hybridized carbons (Fsp3) is 0.400. The number of hydrogen-bond donors (Lipinski definition) is 1. The summed E-state index contributed by atoms with van der Waals surface area (Å²) in [5.74, 6) is 1.86. The normalized spacial score (nSPS) is 19.6. The summed E-state index contributed by atoms with van der Waals surface area (Å²) in [5, 5.41) is 9.86. The van der Waals surface area contributed by atoms with Gasteiger partial charge in [-0.1, -0.05) is 11.6 Å². The maximum atomic E-state index is 9.15. The van der Waals surface area contributed by atoms with E-state index in [0.29, 0.717) is 23.4 Å². The monoisotopic (exact) mass is 292 g/mol. The molecule has 2 aromatic rings. The Morgan fingerprint density at radius 1 is 1.35 bits per heavy atom. The maximum absolute atomic E-state index is 9.15. The van der Waals surface area contributed by atoms with E-state index in [-0.39, 0.29) is 6.61 Å². The van der Waals surface area contributed by atoms with E-state index in [1.165, 1.54) is 0 Å². The van der Waals surface area contributed by atoms with Crippen molar-refractivity contribution in [2.24, 2.45) is 5.92 Å². The highest BCUT2D eigenvalue weighted by Gasteiger charge is 2.23. The molecule has 1 aromatic carbocycles. The lowest BCUT2D eigenvalue weighted by Crippen LogP contribution is -2.21. The van der Waals surface area contributed by atoms with Crippen molar-refractivity contribution in [3.63, 3.8) is 0 Å². The third-order valence-electron chi connectivity index (χ3n) is 3.67. The molecule has 0 saturated carbocycles. The molecule has 2 heterocycles. The van der Waals surface area contributed by atoms with Gasteiger partial charge >= 0.3 is 0 Å². The molecule has 1 atom stereocenters. The van der Waals surface area contributed by atoms with Crippen LogP contribution in [0.4, 0.5) is 0 Å². The van der Waals surface area contributed by atoms with E-state index >= 15 is 0 Å². The Balaban J connectivity index is 1.66. The first-order valence-electron chi connectivity index (χ1n) is 6.78. The number of oxazole rings is 1. The van der Waals surface area contributed by atoms with Crippen molar-refractivity contribution in [2.75, 3.05) is 19.7 Å². The standard InChI is InChI=1S/C15H17ClN2O2/c16-13-3-1-12(2-4-13)14-7-17-15(20-14)9-18-6-5-11(8-18)10-19/h1-4,7,11,19H,5-6,8-10H2. The van der Waals surface area contributed by atoms with E-state index in [1.807, 2.05) is 24.3 Å². The van der Waals surface area contributed by atoms with E-state index < -0.39 is 0 Å². The zero-order chi connectivity index (χ0) is 13.9. The quantitative estimate of drug-likeness (QED) is 0.941. The Kier molecular flexibility index (Phi) is 4.05. The molecule has 20 heavy (non-hydrogen) atoms. The number of hydrogen-bond acceptors (Lipinski definition) is 4. The molecule has 1 aromatic heterocycles. The Morgan fingerprint density at radius 2 is 2.15 bits per heavy atom. The number of halogens is 1. The Morgan fingerprint density at radius 3 is 2.85 bits per heavy atom. The van der Waals surface area contributed by atoms with Gasteiger partial charge in [-0.25, -0.2) is 4.98 Å². The molecule has 106 valence electrons. The van der Waals surface area contributed by atoms with Gasteiger partial charge in [0.15, 0.2) is 5.76 Å². The molecule has 3 rings (SSSR count). The van der Waals surface area contributed by atoms with Crippen LogP contribution in [-0.2, 0) is 6.54 Å². The zero-order valence-corrected chi connectivity index (χ0v) is 11.9. The van der Waals surface area contributed by atoms with Gasteiger partial charge in [-0.05, 0) is 43.1 Å². The van der Waals surface area contributed by atoms with Gasteiger partial charge in [-0.15, -0.1) is 0 Å². The third-order valence-corrected chi connectivity index (χ3v) is 3.92. The van der Waals surface area contributed by atoms with Crippen LogP contribution in [0.25, 0.3) is 11.3 Å². The number of benzene rings is 1.